The molecule has 0 atom stereocenters. The van der Waals surface area contributed by atoms with E-state index in [-0.39, 0.29) is 17.9 Å². The van der Waals surface area contributed by atoms with Gasteiger partial charge in [0.15, 0.2) is 12.0 Å². The zero-order valence-corrected chi connectivity index (χ0v) is 10.9. The highest BCUT2D eigenvalue weighted by atomic mass is 35.5. The van der Waals surface area contributed by atoms with E-state index in [1.165, 1.54) is 6.07 Å². The van der Waals surface area contributed by atoms with Crippen molar-refractivity contribution in [3.63, 3.8) is 0 Å². The average Bonchev–Trinajstić information content (AvgIpc) is 2.84. The zero-order valence-electron chi connectivity index (χ0n) is 10.2. The number of benzene rings is 1. The maximum absolute atomic E-state index is 11.7. The number of halogens is 1. The first-order valence-corrected chi connectivity index (χ1v) is 6.05. The van der Waals surface area contributed by atoms with Crippen LogP contribution in [-0.2, 0) is 4.74 Å². The molecule has 1 heterocycles. The van der Waals surface area contributed by atoms with Crippen LogP contribution in [0.2, 0.25) is 5.02 Å². The van der Waals surface area contributed by atoms with E-state index < -0.39 is 5.97 Å². The minimum Gasteiger partial charge on any atom is -0.462 e. The second-order valence-corrected chi connectivity index (χ2v) is 4.17. The molecule has 0 spiro atoms. The van der Waals surface area contributed by atoms with E-state index in [1.807, 2.05) is 0 Å². The summed E-state index contributed by atoms with van der Waals surface area (Å²) in [5, 5.41) is 0.594. The van der Waals surface area contributed by atoms with Crippen LogP contribution in [0, 0.1) is 0 Å². The van der Waals surface area contributed by atoms with Gasteiger partial charge in [0.05, 0.1) is 6.61 Å². The Morgan fingerprint density at radius 1 is 1.37 bits per heavy atom. The van der Waals surface area contributed by atoms with Gasteiger partial charge in [0, 0.05) is 10.6 Å². The number of furan rings is 1. The average molecular weight is 279 g/mol. The van der Waals surface area contributed by atoms with Crippen molar-refractivity contribution in [2.45, 2.75) is 6.92 Å². The quantitative estimate of drug-likeness (QED) is 0.633. The van der Waals surface area contributed by atoms with Crippen molar-refractivity contribution < 1.29 is 18.7 Å². The van der Waals surface area contributed by atoms with Gasteiger partial charge >= 0.3 is 5.97 Å². The van der Waals surface area contributed by atoms with Crippen molar-refractivity contribution in [3.8, 4) is 11.3 Å². The topological polar surface area (TPSA) is 56.5 Å². The van der Waals surface area contributed by atoms with Crippen LogP contribution in [0.5, 0.6) is 0 Å². The fourth-order valence-corrected chi connectivity index (χ4v) is 1.74. The second-order valence-electron chi connectivity index (χ2n) is 3.73. The molecular weight excluding hydrogens is 268 g/mol. The van der Waals surface area contributed by atoms with E-state index in [9.17, 15) is 9.59 Å². The first-order chi connectivity index (χ1) is 9.15. The molecule has 0 amide bonds. The smallest absolute Gasteiger partial charge is 0.342 e. The monoisotopic (exact) mass is 278 g/mol. The maximum Gasteiger partial charge on any atom is 0.342 e. The van der Waals surface area contributed by atoms with Crippen LogP contribution >= 0.6 is 11.6 Å². The summed E-state index contributed by atoms with van der Waals surface area (Å²) in [7, 11) is 0. The number of rotatable bonds is 4. The minimum absolute atomic E-state index is 0.0385. The van der Waals surface area contributed by atoms with Crippen molar-refractivity contribution in [2.24, 2.45) is 0 Å². The van der Waals surface area contributed by atoms with Gasteiger partial charge in [-0.25, -0.2) is 4.79 Å². The SMILES string of the molecule is CCOC(=O)c1cc(-c2ccc(Cl)cc2)oc1C=O. The van der Waals surface area contributed by atoms with Crippen molar-refractivity contribution in [2.75, 3.05) is 6.61 Å². The summed E-state index contributed by atoms with van der Waals surface area (Å²) in [6.07, 6.45) is 0.492. The maximum atomic E-state index is 11.7. The van der Waals surface area contributed by atoms with Gasteiger partial charge in [-0.1, -0.05) is 11.6 Å². The highest BCUT2D eigenvalue weighted by Crippen LogP contribution is 2.26. The highest BCUT2D eigenvalue weighted by Gasteiger charge is 2.19. The van der Waals surface area contributed by atoms with Crippen LogP contribution in [-0.4, -0.2) is 18.9 Å². The van der Waals surface area contributed by atoms with Crippen molar-refractivity contribution in [3.05, 3.63) is 46.7 Å². The van der Waals surface area contributed by atoms with Crippen molar-refractivity contribution in [1.82, 2.24) is 0 Å². The van der Waals surface area contributed by atoms with E-state index >= 15 is 0 Å². The van der Waals surface area contributed by atoms with E-state index in [0.717, 1.165) is 5.56 Å². The number of carbonyl (C=O) groups is 2. The molecule has 2 aromatic rings. The van der Waals surface area contributed by atoms with Gasteiger partial charge in [-0.3, -0.25) is 4.79 Å². The largest absolute Gasteiger partial charge is 0.462 e. The Bertz CT molecular complexity index is 598. The van der Waals surface area contributed by atoms with Crippen LogP contribution < -0.4 is 0 Å². The zero-order chi connectivity index (χ0) is 13.8. The number of esters is 1. The summed E-state index contributed by atoms with van der Waals surface area (Å²) in [6, 6.07) is 8.37. The standard InChI is InChI=1S/C14H11ClO4/c1-2-18-14(17)11-7-12(19-13(11)8-16)9-3-5-10(15)6-4-9/h3-8H,2H2,1H3. The lowest BCUT2D eigenvalue weighted by Gasteiger charge is -1.97. The molecule has 0 radical (unpaired) electrons. The number of hydrogen-bond acceptors (Lipinski definition) is 4. The first kappa shape index (κ1) is 13.4. The molecule has 1 aromatic heterocycles. The number of carbonyl (C=O) groups excluding carboxylic acids is 2. The van der Waals surface area contributed by atoms with Crippen LogP contribution in [0.3, 0.4) is 0 Å². The summed E-state index contributed by atoms with van der Waals surface area (Å²) < 4.78 is 10.2. The third-order valence-electron chi connectivity index (χ3n) is 2.49. The fraction of sp³-hybridized carbons (Fsp3) is 0.143. The van der Waals surface area contributed by atoms with Gasteiger partial charge in [0.2, 0.25) is 0 Å². The molecule has 0 aliphatic rings. The van der Waals surface area contributed by atoms with Gasteiger partial charge in [-0.15, -0.1) is 0 Å². The summed E-state index contributed by atoms with van der Waals surface area (Å²) >= 11 is 5.79. The molecule has 0 aliphatic carbocycles. The Balaban J connectivity index is 2.40. The Morgan fingerprint density at radius 2 is 2.05 bits per heavy atom. The van der Waals surface area contributed by atoms with E-state index in [2.05, 4.69) is 0 Å². The molecule has 5 heteroatoms. The molecule has 98 valence electrons. The Hall–Kier alpha value is -2.07. The van der Waals surface area contributed by atoms with E-state index in [4.69, 9.17) is 20.8 Å². The molecule has 1 aromatic carbocycles. The van der Waals surface area contributed by atoms with Gasteiger partial charge in [-0.05, 0) is 37.3 Å². The van der Waals surface area contributed by atoms with Gasteiger partial charge in [0.1, 0.15) is 11.3 Å². The lowest BCUT2D eigenvalue weighted by atomic mass is 10.1. The van der Waals surface area contributed by atoms with Crippen molar-refractivity contribution >= 4 is 23.9 Å². The molecule has 19 heavy (non-hydrogen) atoms. The number of aldehydes is 1. The molecular formula is C14H11ClO4. The normalized spacial score (nSPS) is 10.2. The summed E-state index contributed by atoms with van der Waals surface area (Å²) in [4.78, 5) is 22.6. The van der Waals surface area contributed by atoms with Crippen LogP contribution in [0.4, 0.5) is 0 Å². The predicted molar refractivity (Wildman–Crippen MR) is 70.5 cm³/mol. The van der Waals surface area contributed by atoms with E-state index in [0.29, 0.717) is 17.1 Å². The van der Waals surface area contributed by atoms with Crippen LogP contribution in [0.15, 0.2) is 34.7 Å². The molecule has 0 bridgehead atoms. The Morgan fingerprint density at radius 3 is 2.63 bits per heavy atom. The predicted octanol–water partition coefficient (Wildman–Crippen LogP) is 3.59. The number of hydrogen-bond donors (Lipinski definition) is 0. The molecule has 0 saturated heterocycles. The van der Waals surface area contributed by atoms with Crippen LogP contribution in [0.1, 0.15) is 27.8 Å². The van der Waals surface area contributed by atoms with Gasteiger partial charge < -0.3 is 9.15 Å². The third kappa shape index (κ3) is 2.85. The lowest BCUT2D eigenvalue weighted by Crippen LogP contribution is -2.05. The first-order valence-electron chi connectivity index (χ1n) is 5.67. The highest BCUT2D eigenvalue weighted by molar-refractivity contribution is 6.30. The van der Waals surface area contributed by atoms with Gasteiger partial charge in [0.25, 0.3) is 0 Å². The summed E-state index contributed by atoms with van der Waals surface area (Å²) in [5.41, 5.74) is 0.852. The molecule has 0 aliphatic heterocycles. The summed E-state index contributed by atoms with van der Waals surface area (Å²) in [5.74, 6) is -0.196. The van der Waals surface area contributed by atoms with Crippen molar-refractivity contribution in [1.29, 1.82) is 0 Å². The van der Waals surface area contributed by atoms with Gasteiger partial charge in [-0.2, -0.15) is 0 Å². The third-order valence-corrected chi connectivity index (χ3v) is 2.74. The number of ether oxygens (including phenoxy) is 1. The van der Waals surface area contributed by atoms with E-state index in [1.54, 1.807) is 31.2 Å². The summed E-state index contributed by atoms with van der Waals surface area (Å²) in [6.45, 7) is 1.93. The Labute approximate surface area is 114 Å². The second kappa shape index (κ2) is 5.71. The van der Waals surface area contributed by atoms with Crippen LogP contribution in [0.25, 0.3) is 11.3 Å². The molecule has 0 unspecified atom stereocenters. The molecule has 4 nitrogen and oxygen atoms in total. The molecule has 0 saturated carbocycles. The minimum atomic E-state index is -0.575. The molecule has 0 fully saturated rings. The molecule has 2 rings (SSSR count). The fourth-order valence-electron chi connectivity index (χ4n) is 1.62. The Kier molecular flexibility index (Phi) is 4.02. The molecule has 0 N–H and O–H groups in total. The lowest BCUT2D eigenvalue weighted by molar-refractivity contribution is 0.0523.